The molecule has 0 bridgehead atoms. The topological polar surface area (TPSA) is 209 Å². The summed E-state index contributed by atoms with van der Waals surface area (Å²) in [5, 5.41) is 2.31. The number of benzene rings is 2. The Morgan fingerprint density at radius 1 is 0.634 bits per heavy atom. The van der Waals surface area contributed by atoms with E-state index in [-0.39, 0.29) is 33.8 Å². The van der Waals surface area contributed by atoms with Gasteiger partial charge in [0.2, 0.25) is 0 Å². The SMILES string of the molecule is COc1cnc2c(Cc3ccc4c(c3)[C@@]3(CCOC(N)=N3)c3cc(Cl)nc(F)c3O4)nccc2c1.COc1cnc2c(Cl)nccc2c1.NC1=N[C@@]2(CCO1)c1cc(Br)ccc1Oc1c2cc(Cl)nc1F. The summed E-state index contributed by atoms with van der Waals surface area (Å²) < 4.78 is 62.6. The lowest BCUT2D eigenvalue weighted by Gasteiger charge is -2.39. The van der Waals surface area contributed by atoms with Crippen molar-refractivity contribution in [1.29, 1.82) is 0 Å². The average Bonchev–Trinajstić information content (AvgIpc) is 3.36. The van der Waals surface area contributed by atoms with E-state index in [4.69, 9.17) is 74.7 Å². The fraction of sp³-hybridized carbons (Fsp3) is 0.184. The molecule has 0 amide bonds. The van der Waals surface area contributed by atoms with Gasteiger partial charge in [-0.2, -0.15) is 8.78 Å². The molecule has 2 atom stereocenters. The summed E-state index contributed by atoms with van der Waals surface area (Å²) >= 11 is 21.4. The van der Waals surface area contributed by atoms with Gasteiger partial charge >= 0.3 is 0 Å². The molecular weight excluding hydrogens is 1050 g/mol. The lowest BCUT2D eigenvalue weighted by atomic mass is 9.77. The average molecular weight is 1090 g/mol. The minimum atomic E-state index is -1.02. The highest BCUT2D eigenvalue weighted by Crippen LogP contribution is 2.55. The molecule has 360 valence electrons. The monoisotopic (exact) mass is 1080 g/mol. The first-order chi connectivity index (χ1) is 34.3. The molecule has 71 heavy (non-hydrogen) atoms. The van der Waals surface area contributed by atoms with Gasteiger partial charge in [0.25, 0.3) is 23.9 Å². The highest BCUT2D eigenvalue weighted by molar-refractivity contribution is 9.10. The predicted molar refractivity (Wildman–Crippen MR) is 265 cm³/mol. The van der Waals surface area contributed by atoms with Crippen molar-refractivity contribution in [1.82, 2.24) is 29.9 Å². The van der Waals surface area contributed by atoms with Gasteiger partial charge in [0, 0.05) is 69.2 Å². The Labute approximate surface area is 426 Å². The molecule has 0 unspecified atom stereocenters. The Morgan fingerprint density at radius 2 is 1.15 bits per heavy atom. The molecule has 4 aliphatic rings. The van der Waals surface area contributed by atoms with Gasteiger partial charge in [-0.15, -0.1) is 0 Å². The number of rotatable bonds is 4. The van der Waals surface area contributed by atoms with Crippen LogP contribution in [0.2, 0.25) is 15.5 Å². The number of methoxy groups -OCH3 is 2. The largest absolute Gasteiger partial charge is 0.495 e. The third-order valence-corrected chi connectivity index (χ3v) is 13.2. The zero-order valence-corrected chi connectivity index (χ0v) is 41.1. The van der Waals surface area contributed by atoms with Crippen molar-refractivity contribution in [2.45, 2.75) is 30.3 Å². The predicted octanol–water partition coefficient (Wildman–Crippen LogP) is 10.5. The smallest absolute Gasteiger partial charge is 0.283 e. The number of pyridine rings is 6. The van der Waals surface area contributed by atoms with E-state index in [0.29, 0.717) is 71.5 Å². The normalized spacial score (nSPS) is 18.0. The fourth-order valence-electron chi connectivity index (χ4n) is 8.87. The van der Waals surface area contributed by atoms with Gasteiger partial charge in [-0.05, 0) is 72.3 Å². The molecule has 8 aromatic rings. The molecule has 12 rings (SSSR count). The number of nitrogens with zero attached hydrogens (tertiary/aromatic N) is 8. The van der Waals surface area contributed by atoms with Gasteiger partial charge in [0.05, 0.1) is 51.0 Å². The third-order valence-electron chi connectivity index (χ3n) is 12.0. The molecule has 0 saturated heterocycles. The van der Waals surface area contributed by atoms with Crippen molar-refractivity contribution < 1.29 is 37.2 Å². The first-order valence-electron chi connectivity index (χ1n) is 21.5. The number of hydrogen-bond donors (Lipinski definition) is 2. The van der Waals surface area contributed by atoms with Crippen LogP contribution in [-0.4, -0.2) is 69.4 Å². The molecule has 4 N–H and O–H groups in total. The molecule has 0 aliphatic carbocycles. The standard InChI is InChI=1S/C25H19ClFN5O3.C15H10BrClFN3O2.C9H7ClN2O/c1-33-15-10-14-4-6-29-18(21(14)30-12-15)9-13-2-3-19-16(8-13)25(5-7-34-24(28)32-25)17-11-20(26)31-23(27)22(17)35-19;16-7-1-2-10-8(5-7)15(3-4-22-14(19)21-15)9-6-11(17)20-13(18)12(9)23-10;1-13-7-4-6-2-3-11-9(10)8(6)12-5-7/h2-4,6,8,10-12H,5,7,9H2,1H3,(H2,28,32);1-2,5-6H,3-4H2,(H2,19,21);2-5H,1H3/t25-;15-;/m00./s1. The van der Waals surface area contributed by atoms with Crippen LogP contribution in [-0.2, 0) is 27.0 Å². The van der Waals surface area contributed by atoms with Crippen LogP contribution < -0.4 is 30.4 Å². The fourth-order valence-corrected chi connectivity index (χ4v) is 9.81. The highest BCUT2D eigenvalue weighted by atomic mass is 79.9. The minimum absolute atomic E-state index is 0.00514. The van der Waals surface area contributed by atoms with Crippen LogP contribution in [0.4, 0.5) is 8.78 Å². The van der Waals surface area contributed by atoms with Crippen LogP contribution in [0.5, 0.6) is 34.5 Å². The van der Waals surface area contributed by atoms with Crippen molar-refractivity contribution in [3.8, 4) is 34.5 Å². The zero-order chi connectivity index (χ0) is 49.6. The Morgan fingerprint density at radius 3 is 1.72 bits per heavy atom. The quantitative estimate of drug-likeness (QED) is 0.157. The summed E-state index contributed by atoms with van der Waals surface area (Å²) in [6.07, 6.45) is 8.10. The van der Waals surface area contributed by atoms with Crippen LogP contribution in [0.15, 0.2) is 112 Å². The van der Waals surface area contributed by atoms with E-state index in [0.717, 1.165) is 48.9 Å². The van der Waals surface area contributed by atoms with E-state index in [1.54, 1.807) is 63.3 Å². The van der Waals surface area contributed by atoms with Crippen LogP contribution in [0, 0.1) is 11.9 Å². The van der Waals surface area contributed by atoms with E-state index in [1.165, 1.54) is 0 Å². The van der Waals surface area contributed by atoms with Gasteiger partial charge in [-0.1, -0.05) is 56.8 Å². The maximum atomic E-state index is 14.8. The second-order valence-corrected chi connectivity index (χ2v) is 18.2. The molecule has 2 spiro atoms. The number of aliphatic imine (C=N–C) groups is 2. The first-order valence-corrected chi connectivity index (χ1v) is 23.4. The molecule has 0 fully saturated rings. The molecule has 2 aromatic carbocycles. The molecule has 6 aromatic heterocycles. The number of hydrogen-bond acceptors (Lipinski definition) is 16. The minimum Gasteiger partial charge on any atom is -0.495 e. The van der Waals surface area contributed by atoms with Gasteiger partial charge in [0.15, 0.2) is 16.7 Å². The number of ether oxygens (including phenoxy) is 6. The Balaban J connectivity index is 0.000000138. The number of fused-ring (bicyclic) bond motifs is 10. The molecule has 16 nitrogen and oxygen atoms in total. The Bertz CT molecular complexity index is 3510. The highest BCUT2D eigenvalue weighted by Gasteiger charge is 2.48. The third kappa shape index (κ3) is 8.98. The lowest BCUT2D eigenvalue weighted by molar-refractivity contribution is 0.217. The molecular formula is C49H36BrCl3F2N10O6. The lowest BCUT2D eigenvalue weighted by Crippen LogP contribution is -2.39. The van der Waals surface area contributed by atoms with Crippen LogP contribution in [0.25, 0.3) is 21.8 Å². The van der Waals surface area contributed by atoms with Gasteiger partial charge in [0.1, 0.15) is 49.9 Å². The number of halogens is 6. The summed E-state index contributed by atoms with van der Waals surface area (Å²) in [5.41, 5.74) is 15.6. The molecule has 10 heterocycles. The zero-order valence-electron chi connectivity index (χ0n) is 37.2. The van der Waals surface area contributed by atoms with E-state index >= 15 is 0 Å². The maximum Gasteiger partial charge on any atom is 0.283 e. The van der Waals surface area contributed by atoms with E-state index in [2.05, 4.69) is 55.8 Å². The van der Waals surface area contributed by atoms with Crippen molar-refractivity contribution in [2.75, 3.05) is 27.4 Å². The summed E-state index contributed by atoms with van der Waals surface area (Å²) in [5.74, 6) is 0.790. The van der Waals surface area contributed by atoms with Crippen LogP contribution in [0.3, 0.4) is 0 Å². The van der Waals surface area contributed by atoms with Crippen LogP contribution in [0.1, 0.15) is 46.4 Å². The Kier molecular flexibility index (Phi) is 12.8. The number of aromatic nitrogens is 6. The van der Waals surface area contributed by atoms with E-state index < -0.39 is 23.0 Å². The number of nitrogens with two attached hydrogens (primary N) is 2. The maximum absolute atomic E-state index is 14.8. The van der Waals surface area contributed by atoms with E-state index in [1.807, 2.05) is 48.5 Å². The number of amidine groups is 2. The Hall–Kier alpha value is -7.19. The first kappa shape index (κ1) is 47.5. The molecule has 22 heteroatoms. The second-order valence-electron chi connectivity index (χ2n) is 16.1. The van der Waals surface area contributed by atoms with Crippen molar-refractivity contribution in [2.24, 2.45) is 21.5 Å². The van der Waals surface area contributed by atoms with Crippen molar-refractivity contribution in [3.63, 3.8) is 0 Å². The summed E-state index contributed by atoms with van der Waals surface area (Å²) in [4.78, 5) is 33.7. The summed E-state index contributed by atoms with van der Waals surface area (Å²) in [6.45, 7) is 0.652. The van der Waals surface area contributed by atoms with E-state index in [9.17, 15) is 8.78 Å². The summed E-state index contributed by atoms with van der Waals surface area (Å²) in [6, 6.07) is 21.9. The summed E-state index contributed by atoms with van der Waals surface area (Å²) in [7, 11) is 3.21. The molecule has 0 radical (unpaired) electrons. The van der Waals surface area contributed by atoms with Crippen molar-refractivity contribution >= 4 is 84.6 Å². The molecule has 0 saturated carbocycles. The molecule has 4 aliphatic heterocycles. The van der Waals surface area contributed by atoms with Gasteiger partial charge < -0.3 is 39.9 Å². The second kappa shape index (κ2) is 19.2. The van der Waals surface area contributed by atoms with Crippen LogP contribution >= 0.6 is 50.7 Å². The van der Waals surface area contributed by atoms with Gasteiger partial charge in [-0.3, -0.25) is 9.97 Å². The van der Waals surface area contributed by atoms with Crippen molar-refractivity contribution in [3.05, 3.63) is 163 Å². The van der Waals surface area contributed by atoms with Gasteiger partial charge in [-0.25, -0.2) is 29.9 Å².